The van der Waals surface area contributed by atoms with Gasteiger partial charge in [0.1, 0.15) is 78.3 Å². The first-order valence-corrected chi connectivity index (χ1v) is 35.9. The zero-order valence-electron chi connectivity index (χ0n) is 55.4. The SMILES string of the molecule is CC[C@H](C)[C@H](NC(=O)[C@H](CCC(=O)O)NC(=O)[C@H](CS)NC(=O)[C@@H](NC(=O)CNC(=O)[C@@H]1CCCN1)[C@@H](C)O)C(=O)N[C@@H](CS)C(=O)N[C@@H](C)C(=O)N[C@@H](Cc1cc(I)c(O)c(I)c1)C(=O)N[C@@H](C)C(=O)N[C@@H](C)C(=O)N[C@@H](CS)C(=O)N[C@H](C(=O)NCC(=O)N[C@@H](CS)C(=O)O)[C@@H](C)O. The van der Waals surface area contributed by atoms with Crippen LogP contribution in [0.5, 0.6) is 5.75 Å². The molecule has 0 aromatic heterocycles. The zero-order chi connectivity index (χ0) is 76.0. The molecule has 16 atom stereocenters. The van der Waals surface area contributed by atoms with Crippen LogP contribution in [-0.2, 0) is 83.1 Å². The Kier molecular flexibility index (Phi) is 39.9. The van der Waals surface area contributed by atoms with E-state index in [0.717, 1.165) is 13.3 Å². The largest absolute Gasteiger partial charge is 0.506 e. The molecule has 1 saturated heterocycles. The Morgan fingerprint density at radius 1 is 0.490 bits per heavy atom. The highest BCUT2D eigenvalue weighted by molar-refractivity contribution is 14.1. The molecule has 20 N–H and O–H groups in total. The van der Waals surface area contributed by atoms with Gasteiger partial charge in [-0.3, -0.25) is 71.9 Å². The van der Waals surface area contributed by atoms with Crippen molar-refractivity contribution in [3.05, 3.63) is 24.8 Å². The molecule has 2 rings (SSSR count). The molecule has 36 nitrogen and oxygen atoms in total. The van der Waals surface area contributed by atoms with E-state index in [1.807, 2.05) is 45.2 Å². The Morgan fingerprint density at radius 3 is 1.34 bits per heavy atom. The number of carboxylic acids is 2. The highest BCUT2D eigenvalue weighted by Gasteiger charge is 2.38. The summed E-state index contributed by atoms with van der Waals surface area (Å²) in [5, 5.41) is 85.9. The number of halogens is 2. The van der Waals surface area contributed by atoms with Crippen LogP contribution in [0, 0.1) is 13.1 Å². The zero-order valence-corrected chi connectivity index (χ0v) is 63.3. The summed E-state index contributed by atoms with van der Waals surface area (Å²) in [6.45, 7) is 8.53. The average Bonchev–Trinajstić information content (AvgIpc) is 0.906. The summed E-state index contributed by atoms with van der Waals surface area (Å²) in [5.41, 5.74) is 0.405. The molecule has 1 aromatic carbocycles. The Balaban J connectivity index is 2.24. The van der Waals surface area contributed by atoms with Crippen LogP contribution in [-0.4, -0.2) is 254 Å². The molecule has 1 heterocycles. The fourth-order valence-electron chi connectivity index (χ4n) is 9.00. The molecule has 560 valence electrons. The molecule has 42 heteroatoms. The highest BCUT2D eigenvalue weighted by atomic mass is 127. The molecule has 14 amide bonds. The molecule has 100 heavy (non-hydrogen) atoms. The number of carbonyl (C=O) groups excluding carboxylic acids is 14. The van der Waals surface area contributed by atoms with E-state index in [4.69, 9.17) is 5.11 Å². The molecule has 0 saturated carbocycles. The number of benzene rings is 1. The van der Waals surface area contributed by atoms with E-state index in [1.54, 1.807) is 13.8 Å². The smallest absolute Gasteiger partial charge is 0.327 e. The van der Waals surface area contributed by atoms with Crippen molar-refractivity contribution in [2.24, 2.45) is 5.92 Å². The standard InChI is InChI=1S/C58H89I2N15O21S4/c1-8-23(2)42(74-50(87)33(11-12-41(80)81)68-53(90)36(20-98)72-57(94)44(28(7)77)73-40(79)18-62-49(86)32-10-9-13-61-32)56(93)71-35(19-97)52(89)66-26(5)47(84)69-34(16-29-14-30(59)45(82)31(60)15-29)51(88)65-24(3)46(83)64-25(4)48(85)70-37(21-99)54(91)75-43(27(6)76)55(92)63-17-39(78)67-38(22-100)58(95)96/h14-15,23-28,32-38,42-44,61,76-77,82,97-100H,8-13,16-22H2,1-7H3,(H,62,86)(H,63,92)(H,64,83)(H,65,88)(H,66,89)(H,67,78)(H,68,90)(H,69,84)(H,70,85)(H,71,93)(H,72,94)(H,73,79)(H,74,87)(H,75,91)(H,80,81)(H,95,96)/t23-,24-,25-,26-,27+,28+,32-,33-,34-,35-,36-,37-,38-,42-,43-,44-/m0/s1. The Hall–Kier alpha value is -6.72. The molecule has 0 bridgehead atoms. The number of carboxylic acid groups (broad SMARTS) is 2. The maximum absolute atomic E-state index is 14.1. The number of rotatable bonds is 42. The number of amides is 14. The third-order valence-corrected chi connectivity index (χ3v) is 18.2. The monoisotopic (exact) mass is 1710 g/mol. The number of hydrogen-bond acceptors (Lipinski definition) is 24. The lowest BCUT2D eigenvalue weighted by Gasteiger charge is -2.29. The predicted octanol–water partition coefficient (Wildman–Crippen LogP) is -6.52. The summed E-state index contributed by atoms with van der Waals surface area (Å²) >= 11 is 20.0. The number of thiol groups is 4. The lowest BCUT2D eigenvalue weighted by molar-refractivity contribution is -0.141. The minimum atomic E-state index is -1.69. The van der Waals surface area contributed by atoms with Crippen LogP contribution in [0.15, 0.2) is 12.1 Å². The average molecular weight is 1710 g/mol. The molecule has 0 unspecified atom stereocenters. The van der Waals surface area contributed by atoms with E-state index in [1.165, 1.54) is 39.8 Å². The van der Waals surface area contributed by atoms with E-state index in [9.17, 15) is 97.1 Å². The van der Waals surface area contributed by atoms with Gasteiger partial charge in [-0.25, -0.2) is 4.79 Å². The summed E-state index contributed by atoms with van der Waals surface area (Å²) in [6.07, 6.45) is -3.09. The van der Waals surface area contributed by atoms with E-state index >= 15 is 0 Å². The fourth-order valence-corrected chi connectivity index (χ4v) is 11.9. The summed E-state index contributed by atoms with van der Waals surface area (Å²) in [5.74, 6) is -18.4. The van der Waals surface area contributed by atoms with Gasteiger partial charge in [-0.05, 0) is 129 Å². The number of aliphatic hydroxyl groups excluding tert-OH is 2. The second-order valence-corrected chi connectivity index (χ2v) is 27.0. The van der Waals surface area contributed by atoms with Crippen molar-refractivity contribution < 1.29 is 102 Å². The molecule has 1 aromatic rings. The first-order chi connectivity index (χ1) is 46.8. The summed E-state index contributed by atoms with van der Waals surface area (Å²) < 4.78 is 0.729. The topological polar surface area (TPSA) is 555 Å². The molecule has 1 aliphatic rings. The van der Waals surface area contributed by atoms with Gasteiger partial charge in [-0.1, -0.05) is 20.3 Å². The molecule has 0 aliphatic carbocycles. The summed E-state index contributed by atoms with van der Waals surface area (Å²) in [7, 11) is 0. The number of phenolic OH excluding ortho intramolecular Hbond substituents is 1. The summed E-state index contributed by atoms with van der Waals surface area (Å²) in [6, 6.07) is -15.8. The fraction of sp³-hybridized carbons (Fsp3) is 0.621. The van der Waals surface area contributed by atoms with Gasteiger partial charge < -0.3 is 105 Å². The van der Waals surface area contributed by atoms with Crippen molar-refractivity contribution in [2.45, 2.75) is 178 Å². The van der Waals surface area contributed by atoms with E-state index in [2.05, 4.69) is 130 Å². The number of nitrogens with one attached hydrogen (secondary N) is 15. The first-order valence-electron chi connectivity index (χ1n) is 31.2. The van der Waals surface area contributed by atoms with Crippen LogP contribution >= 0.6 is 95.7 Å². The second kappa shape index (κ2) is 44.6. The van der Waals surface area contributed by atoms with Crippen LogP contribution in [0.1, 0.15) is 86.1 Å². The third kappa shape index (κ3) is 30.1. The van der Waals surface area contributed by atoms with Gasteiger partial charge in [-0.2, -0.15) is 50.5 Å². The number of carbonyl (C=O) groups is 16. The minimum Gasteiger partial charge on any atom is -0.506 e. The quantitative estimate of drug-likeness (QED) is 0.0214. The summed E-state index contributed by atoms with van der Waals surface area (Å²) in [4.78, 5) is 211. The maximum atomic E-state index is 14.1. The number of hydrogen-bond donors (Lipinski definition) is 24. The van der Waals surface area contributed by atoms with Crippen LogP contribution in [0.25, 0.3) is 0 Å². The Labute approximate surface area is 624 Å². The van der Waals surface area contributed by atoms with Crippen molar-refractivity contribution >= 4 is 190 Å². The van der Waals surface area contributed by atoms with Gasteiger partial charge in [0, 0.05) is 35.9 Å². The van der Waals surface area contributed by atoms with Gasteiger partial charge >= 0.3 is 11.9 Å². The van der Waals surface area contributed by atoms with Crippen molar-refractivity contribution in [3.63, 3.8) is 0 Å². The minimum absolute atomic E-state index is 0.0757. The van der Waals surface area contributed by atoms with Crippen LogP contribution < -0.4 is 79.8 Å². The Bertz CT molecular complexity index is 3100. The van der Waals surface area contributed by atoms with Gasteiger partial charge in [0.05, 0.1) is 38.5 Å². The van der Waals surface area contributed by atoms with Gasteiger partial charge in [0.25, 0.3) is 0 Å². The lowest BCUT2D eigenvalue weighted by Crippen LogP contribution is -2.62. The molecule has 0 spiro atoms. The first kappa shape index (κ1) is 89.4. The normalized spacial score (nSPS) is 17.1. The van der Waals surface area contributed by atoms with Crippen molar-refractivity contribution in [2.75, 3.05) is 42.6 Å². The lowest BCUT2D eigenvalue weighted by atomic mass is 9.97. The molecular formula is C58H89I2N15O21S4. The number of phenols is 1. The van der Waals surface area contributed by atoms with Crippen LogP contribution in [0.4, 0.5) is 0 Å². The van der Waals surface area contributed by atoms with Gasteiger partial charge in [0.2, 0.25) is 82.7 Å². The highest BCUT2D eigenvalue weighted by Crippen LogP contribution is 2.28. The van der Waals surface area contributed by atoms with Gasteiger partial charge in [-0.15, -0.1) is 0 Å². The molecule has 1 fully saturated rings. The second-order valence-electron chi connectivity index (χ2n) is 23.2. The van der Waals surface area contributed by atoms with Crippen LogP contribution in [0.3, 0.4) is 0 Å². The number of aliphatic carboxylic acids is 2. The van der Waals surface area contributed by atoms with Crippen LogP contribution in [0.2, 0.25) is 0 Å². The van der Waals surface area contributed by atoms with E-state index in [-0.39, 0.29) is 30.1 Å². The van der Waals surface area contributed by atoms with E-state index in [0.29, 0.717) is 25.7 Å². The van der Waals surface area contributed by atoms with E-state index < -0.39 is 229 Å². The third-order valence-electron chi connectivity index (χ3n) is 15.1. The van der Waals surface area contributed by atoms with Crippen molar-refractivity contribution in [3.8, 4) is 5.75 Å². The predicted molar refractivity (Wildman–Crippen MR) is 387 cm³/mol. The number of aromatic hydroxyl groups is 1. The Morgan fingerprint density at radius 2 is 0.880 bits per heavy atom. The van der Waals surface area contributed by atoms with Crippen molar-refractivity contribution in [1.29, 1.82) is 0 Å². The molecular weight excluding hydrogens is 1620 g/mol. The van der Waals surface area contributed by atoms with Gasteiger partial charge in [0.15, 0.2) is 0 Å². The molecule has 0 radical (unpaired) electrons. The number of aliphatic hydroxyl groups is 2. The van der Waals surface area contributed by atoms with Crippen molar-refractivity contribution in [1.82, 2.24) is 79.8 Å². The maximum Gasteiger partial charge on any atom is 0.327 e. The molecule has 1 aliphatic heterocycles.